The van der Waals surface area contributed by atoms with Crippen molar-refractivity contribution in [3.63, 3.8) is 0 Å². The molecule has 122 valence electrons. The molecule has 0 unspecified atom stereocenters. The Balaban J connectivity index is 1.48. The molecule has 1 aromatic heterocycles. The first-order valence-corrected chi connectivity index (χ1v) is 8.84. The molecule has 0 spiro atoms. The molecule has 23 heavy (non-hydrogen) atoms. The van der Waals surface area contributed by atoms with Crippen LogP contribution in [0, 0.1) is 0 Å². The molecule has 1 N–H and O–H groups in total. The van der Waals surface area contributed by atoms with Gasteiger partial charge in [0, 0.05) is 19.6 Å². The average molecular weight is 330 g/mol. The first-order valence-electron chi connectivity index (χ1n) is 7.96. The Morgan fingerprint density at radius 1 is 1.26 bits per heavy atom. The molecule has 0 aliphatic carbocycles. The van der Waals surface area contributed by atoms with Gasteiger partial charge in [-0.2, -0.15) is 0 Å². The van der Waals surface area contributed by atoms with Crippen molar-refractivity contribution in [1.82, 2.24) is 10.2 Å². The van der Waals surface area contributed by atoms with Crippen molar-refractivity contribution in [3.8, 4) is 5.75 Å². The number of thiophene rings is 1. The normalized spacial score (nSPS) is 16.2. The summed E-state index contributed by atoms with van der Waals surface area (Å²) < 4.78 is 6.03. The molecular weight excluding hydrogens is 308 g/mol. The molecule has 2 heterocycles. The molecule has 4 nitrogen and oxygen atoms in total. The van der Waals surface area contributed by atoms with Gasteiger partial charge in [0.2, 0.25) is 0 Å². The first-order chi connectivity index (χ1) is 11.2. The number of nitrogens with one attached hydrogen (secondary N) is 1. The minimum atomic E-state index is -0.0216. The number of hydrogen-bond acceptors (Lipinski definition) is 4. The molecule has 2 aromatic rings. The summed E-state index contributed by atoms with van der Waals surface area (Å²) in [6.07, 6.45) is 2.47. The van der Waals surface area contributed by atoms with Crippen LogP contribution in [0.3, 0.4) is 0 Å². The van der Waals surface area contributed by atoms with Crippen molar-refractivity contribution in [2.24, 2.45) is 0 Å². The van der Waals surface area contributed by atoms with Gasteiger partial charge in [-0.3, -0.25) is 4.79 Å². The van der Waals surface area contributed by atoms with Gasteiger partial charge >= 0.3 is 0 Å². The second kappa shape index (κ2) is 7.62. The van der Waals surface area contributed by atoms with Crippen molar-refractivity contribution in [1.29, 1.82) is 0 Å². The molecule has 1 fully saturated rings. The Kier molecular flexibility index (Phi) is 5.31. The molecule has 5 heteroatoms. The van der Waals surface area contributed by atoms with Crippen molar-refractivity contribution >= 4 is 17.2 Å². The monoisotopic (exact) mass is 330 g/mol. The molecule has 3 rings (SSSR count). The maximum absolute atomic E-state index is 11.9. The lowest BCUT2D eigenvalue weighted by atomic mass is 10.1. The van der Waals surface area contributed by atoms with Crippen molar-refractivity contribution in [3.05, 3.63) is 52.2 Å². The maximum Gasteiger partial charge on any atom is 0.261 e. The fourth-order valence-corrected chi connectivity index (χ4v) is 3.30. The Labute approximate surface area is 141 Å². The summed E-state index contributed by atoms with van der Waals surface area (Å²) in [6.45, 7) is 2.72. The number of likely N-dealkylation sites (tertiary alicyclic amines) is 1. The number of piperidine rings is 1. The third-order valence-corrected chi connectivity index (χ3v) is 4.96. The Morgan fingerprint density at radius 2 is 2.00 bits per heavy atom. The smallest absolute Gasteiger partial charge is 0.261 e. The zero-order chi connectivity index (χ0) is 16.1. The number of rotatable bonds is 5. The molecule has 0 saturated carbocycles. The second-order valence-corrected chi connectivity index (χ2v) is 6.87. The Morgan fingerprint density at radius 3 is 2.65 bits per heavy atom. The number of benzene rings is 1. The van der Waals surface area contributed by atoms with Gasteiger partial charge < -0.3 is 15.0 Å². The van der Waals surface area contributed by atoms with Crippen LogP contribution >= 0.6 is 11.3 Å². The van der Waals surface area contributed by atoms with Gasteiger partial charge in [0.05, 0.1) is 4.88 Å². The molecular formula is C18H22N2O2S. The van der Waals surface area contributed by atoms with E-state index in [1.807, 2.05) is 41.8 Å². The minimum Gasteiger partial charge on any atom is -0.490 e. The molecule has 1 amide bonds. The number of amides is 1. The number of carbonyl (C=O) groups excluding carboxylic acids is 1. The van der Waals surface area contributed by atoms with Gasteiger partial charge in [-0.05, 0) is 49.0 Å². The highest BCUT2D eigenvalue weighted by molar-refractivity contribution is 7.12. The van der Waals surface area contributed by atoms with Gasteiger partial charge in [0.1, 0.15) is 11.9 Å². The summed E-state index contributed by atoms with van der Waals surface area (Å²) in [5.41, 5.74) is 1.07. The van der Waals surface area contributed by atoms with Crippen molar-refractivity contribution in [2.75, 3.05) is 20.1 Å². The van der Waals surface area contributed by atoms with Crippen LogP contribution in [-0.4, -0.2) is 37.0 Å². The molecule has 1 aromatic carbocycles. The maximum atomic E-state index is 11.9. The van der Waals surface area contributed by atoms with Crippen LogP contribution in [0.2, 0.25) is 0 Å². The number of ether oxygens (including phenoxy) is 1. The lowest BCUT2D eigenvalue weighted by molar-refractivity contribution is 0.0955. The van der Waals surface area contributed by atoms with Crippen LogP contribution in [0.25, 0.3) is 0 Å². The van der Waals surface area contributed by atoms with E-state index in [0.29, 0.717) is 12.6 Å². The highest BCUT2D eigenvalue weighted by Crippen LogP contribution is 2.19. The molecule has 0 bridgehead atoms. The molecule has 1 saturated heterocycles. The van der Waals surface area contributed by atoms with Gasteiger partial charge in [-0.25, -0.2) is 0 Å². The Hall–Kier alpha value is -1.85. The van der Waals surface area contributed by atoms with E-state index in [9.17, 15) is 4.79 Å². The van der Waals surface area contributed by atoms with E-state index in [1.54, 1.807) is 0 Å². The second-order valence-electron chi connectivity index (χ2n) is 5.92. The molecule has 1 aliphatic heterocycles. The predicted octanol–water partition coefficient (Wildman–Crippen LogP) is 3.15. The number of carbonyl (C=O) groups is 1. The van der Waals surface area contributed by atoms with Gasteiger partial charge in [-0.15, -0.1) is 11.3 Å². The van der Waals surface area contributed by atoms with Gasteiger partial charge in [0.25, 0.3) is 5.91 Å². The van der Waals surface area contributed by atoms with Crippen LogP contribution in [0.5, 0.6) is 5.75 Å². The zero-order valence-electron chi connectivity index (χ0n) is 13.3. The summed E-state index contributed by atoms with van der Waals surface area (Å²) in [7, 11) is 2.15. The number of hydrogen-bond donors (Lipinski definition) is 1. The van der Waals surface area contributed by atoms with Crippen LogP contribution < -0.4 is 10.1 Å². The van der Waals surface area contributed by atoms with E-state index < -0.39 is 0 Å². The number of nitrogens with zero attached hydrogens (tertiary/aromatic N) is 1. The van der Waals surface area contributed by atoms with E-state index in [0.717, 1.165) is 42.1 Å². The predicted molar refractivity (Wildman–Crippen MR) is 93.1 cm³/mol. The summed E-state index contributed by atoms with van der Waals surface area (Å²) in [6, 6.07) is 11.7. The van der Waals surface area contributed by atoms with E-state index in [-0.39, 0.29) is 5.91 Å². The lowest BCUT2D eigenvalue weighted by Crippen LogP contribution is -2.35. The van der Waals surface area contributed by atoms with Crippen molar-refractivity contribution in [2.45, 2.75) is 25.5 Å². The van der Waals surface area contributed by atoms with Gasteiger partial charge in [0.15, 0.2) is 0 Å². The first kappa shape index (κ1) is 16.0. The van der Waals surface area contributed by atoms with Gasteiger partial charge in [-0.1, -0.05) is 18.2 Å². The minimum absolute atomic E-state index is 0.0216. The summed E-state index contributed by atoms with van der Waals surface area (Å²) in [4.78, 5) is 15.0. The third-order valence-electron chi connectivity index (χ3n) is 4.09. The Bertz CT molecular complexity index is 617. The average Bonchev–Trinajstić information content (AvgIpc) is 3.11. The molecule has 0 radical (unpaired) electrons. The topological polar surface area (TPSA) is 41.6 Å². The van der Waals surface area contributed by atoms with E-state index in [1.165, 1.54) is 11.3 Å². The summed E-state index contributed by atoms with van der Waals surface area (Å²) >= 11 is 1.45. The third kappa shape index (κ3) is 4.56. The van der Waals surface area contributed by atoms with Crippen LogP contribution in [0.15, 0.2) is 41.8 Å². The van der Waals surface area contributed by atoms with Crippen LogP contribution in [0.4, 0.5) is 0 Å². The van der Waals surface area contributed by atoms with Crippen molar-refractivity contribution < 1.29 is 9.53 Å². The zero-order valence-corrected chi connectivity index (χ0v) is 14.1. The standard InChI is InChI=1S/C18H22N2O2S/c1-20-10-8-16(9-11-20)22-15-6-4-14(5-7-15)13-19-18(21)17-3-2-12-23-17/h2-7,12,16H,8-11,13H2,1H3,(H,19,21). The quantitative estimate of drug-likeness (QED) is 0.916. The fourth-order valence-electron chi connectivity index (χ4n) is 2.66. The highest BCUT2D eigenvalue weighted by atomic mass is 32.1. The SMILES string of the molecule is CN1CCC(Oc2ccc(CNC(=O)c3cccs3)cc2)CC1. The van der Waals surface area contributed by atoms with E-state index in [4.69, 9.17) is 4.74 Å². The summed E-state index contributed by atoms with van der Waals surface area (Å²) in [5.74, 6) is 0.888. The lowest BCUT2D eigenvalue weighted by Gasteiger charge is -2.29. The van der Waals surface area contributed by atoms with Crippen LogP contribution in [0.1, 0.15) is 28.1 Å². The van der Waals surface area contributed by atoms with Crippen LogP contribution in [-0.2, 0) is 6.54 Å². The molecule has 1 aliphatic rings. The highest BCUT2D eigenvalue weighted by Gasteiger charge is 2.17. The summed E-state index contributed by atoms with van der Waals surface area (Å²) in [5, 5.41) is 4.84. The van der Waals surface area contributed by atoms with E-state index in [2.05, 4.69) is 17.3 Å². The van der Waals surface area contributed by atoms with E-state index >= 15 is 0 Å². The fraction of sp³-hybridized carbons (Fsp3) is 0.389. The molecule has 0 atom stereocenters. The largest absolute Gasteiger partial charge is 0.490 e.